The second-order valence-electron chi connectivity index (χ2n) is 4.89. The molecule has 0 fully saturated rings. The maximum atomic E-state index is 12.1. The number of carboxylic acid groups (broad SMARTS) is 1. The van der Waals surface area contributed by atoms with Gasteiger partial charge >= 0.3 is 5.97 Å². The molecule has 7 heteroatoms. The summed E-state index contributed by atoms with van der Waals surface area (Å²) in [4.78, 5) is 27.5. The molecule has 2 rings (SSSR count). The van der Waals surface area contributed by atoms with Gasteiger partial charge in [0.2, 0.25) is 0 Å². The molecule has 1 unspecified atom stereocenters. The fourth-order valence-corrected chi connectivity index (χ4v) is 2.41. The van der Waals surface area contributed by atoms with Gasteiger partial charge in [-0.05, 0) is 32.4 Å². The zero-order valence-electron chi connectivity index (χ0n) is 12.0. The van der Waals surface area contributed by atoms with E-state index in [1.807, 2.05) is 13.0 Å². The molecule has 1 amide bonds. The van der Waals surface area contributed by atoms with Gasteiger partial charge in [0.1, 0.15) is 17.0 Å². The van der Waals surface area contributed by atoms with Crippen LogP contribution in [0.2, 0.25) is 0 Å². The van der Waals surface area contributed by atoms with E-state index in [-0.39, 0.29) is 12.1 Å². The number of carbonyl (C=O) groups excluding carboxylic acids is 1. The molecule has 21 heavy (non-hydrogen) atoms. The van der Waals surface area contributed by atoms with Crippen LogP contribution in [0.5, 0.6) is 0 Å². The molecule has 0 spiro atoms. The summed E-state index contributed by atoms with van der Waals surface area (Å²) in [5, 5.41) is 13.8. The van der Waals surface area contributed by atoms with Gasteiger partial charge in [0, 0.05) is 5.38 Å². The molecule has 0 saturated carbocycles. The molecule has 112 valence electrons. The van der Waals surface area contributed by atoms with Gasteiger partial charge in [0.15, 0.2) is 10.8 Å². The van der Waals surface area contributed by atoms with Gasteiger partial charge in [-0.3, -0.25) is 4.79 Å². The van der Waals surface area contributed by atoms with Crippen LogP contribution < -0.4 is 5.32 Å². The number of hydrogen-bond acceptors (Lipinski definition) is 5. The number of carbonyl (C=O) groups is 2. The van der Waals surface area contributed by atoms with Crippen molar-refractivity contribution in [3.05, 3.63) is 29.0 Å². The van der Waals surface area contributed by atoms with E-state index < -0.39 is 17.4 Å². The van der Waals surface area contributed by atoms with Crippen molar-refractivity contribution >= 4 is 23.2 Å². The van der Waals surface area contributed by atoms with Gasteiger partial charge in [-0.1, -0.05) is 6.92 Å². The number of furan rings is 1. The Morgan fingerprint density at radius 1 is 1.48 bits per heavy atom. The lowest BCUT2D eigenvalue weighted by Crippen LogP contribution is -2.51. The number of nitrogens with zero attached hydrogens (tertiary/aromatic N) is 1. The van der Waals surface area contributed by atoms with Crippen molar-refractivity contribution in [1.29, 1.82) is 0 Å². The Balaban J connectivity index is 2.18. The van der Waals surface area contributed by atoms with E-state index in [1.54, 1.807) is 18.4 Å². The van der Waals surface area contributed by atoms with Gasteiger partial charge in [0.25, 0.3) is 5.91 Å². The third kappa shape index (κ3) is 3.13. The fourth-order valence-electron chi connectivity index (χ4n) is 1.65. The lowest BCUT2D eigenvalue weighted by atomic mass is 9.99. The van der Waals surface area contributed by atoms with Crippen molar-refractivity contribution in [1.82, 2.24) is 10.3 Å². The van der Waals surface area contributed by atoms with E-state index in [0.717, 1.165) is 5.76 Å². The number of hydrogen-bond donors (Lipinski definition) is 2. The molecule has 0 saturated heterocycles. The first kappa shape index (κ1) is 15.2. The molecule has 6 nitrogen and oxygen atoms in total. The van der Waals surface area contributed by atoms with Crippen molar-refractivity contribution in [2.45, 2.75) is 32.7 Å². The third-order valence-electron chi connectivity index (χ3n) is 3.26. The van der Waals surface area contributed by atoms with E-state index in [0.29, 0.717) is 10.8 Å². The average molecular weight is 308 g/mol. The number of aromatic nitrogens is 1. The summed E-state index contributed by atoms with van der Waals surface area (Å²) in [6.45, 7) is 4.99. The van der Waals surface area contributed by atoms with Crippen LogP contribution in [0.1, 0.15) is 36.5 Å². The number of amides is 1. The highest BCUT2D eigenvalue weighted by molar-refractivity contribution is 7.13. The predicted molar refractivity (Wildman–Crippen MR) is 78.4 cm³/mol. The first-order valence-electron chi connectivity index (χ1n) is 6.44. The van der Waals surface area contributed by atoms with Crippen molar-refractivity contribution in [2.24, 2.45) is 0 Å². The summed E-state index contributed by atoms with van der Waals surface area (Å²) in [7, 11) is 0. The quantitative estimate of drug-likeness (QED) is 0.886. The zero-order chi connectivity index (χ0) is 15.6. The van der Waals surface area contributed by atoms with Gasteiger partial charge in [-0.15, -0.1) is 11.3 Å². The number of nitrogens with one attached hydrogen (secondary N) is 1. The number of thiazole rings is 1. The Kier molecular flexibility index (Phi) is 4.13. The van der Waals surface area contributed by atoms with E-state index in [2.05, 4.69) is 10.3 Å². The smallest absolute Gasteiger partial charge is 0.329 e. The minimum Gasteiger partial charge on any atom is -0.480 e. The molecule has 0 radical (unpaired) electrons. The van der Waals surface area contributed by atoms with Gasteiger partial charge in [-0.25, -0.2) is 9.78 Å². The highest BCUT2D eigenvalue weighted by Gasteiger charge is 2.33. The maximum Gasteiger partial charge on any atom is 0.329 e. The van der Waals surface area contributed by atoms with Crippen molar-refractivity contribution in [3.63, 3.8) is 0 Å². The molecule has 2 N–H and O–H groups in total. The summed E-state index contributed by atoms with van der Waals surface area (Å²) in [6, 6.07) is 3.60. The lowest BCUT2D eigenvalue weighted by Gasteiger charge is -2.23. The first-order valence-corrected chi connectivity index (χ1v) is 7.32. The monoisotopic (exact) mass is 308 g/mol. The molecule has 2 heterocycles. The van der Waals surface area contributed by atoms with Crippen molar-refractivity contribution in [2.75, 3.05) is 0 Å². The number of carboxylic acids is 1. The summed E-state index contributed by atoms with van der Waals surface area (Å²) in [6.07, 6.45) is 0.280. The predicted octanol–water partition coefficient (Wildman–Crippen LogP) is 2.69. The number of aliphatic carboxylic acids is 1. The zero-order valence-corrected chi connectivity index (χ0v) is 12.8. The van der Waals surface area contributed by atoms with Crippen LogP contribution in [0.4, 0.5) is 0 Å². The molecular weight excluding hydrogens is 292 g/mol. The highest BCUT2D eigenvalue weighted by Crippen LogP contribution is 2.25. The van der Waals surface area contributed by atoms with Crippen LogP contribution in [0.15, 0.2) is 21.9 Å². The van der Waals surface area contributed by atoms with E-state index in [9.17, 15) is 9.59 Å². The second kappa shape index (κ2) is 5.69. The van der Waals surface area contributed by atoms with Crippen LogP contribution >= 0.6 is 11.3 Å². The van der Waals surface area contributed by atoms with E-state index in [1.165, 1.54) is 18.3 Å². The summed E-state index contributed by atoms with van der Waals surface area (Å²) < 4.78 is 5.45. The largest absolute Gasteiger partial charge is 0.480 e. The normalized spacial score (nSPS) is 13.7. The van der Waals surface area contributed by atoms with Crippen LogP contribution in [0.25, 0.3) is 10.8 Å². The molecule has 0 aliphatic carbocycles. The van der Waals surface area contributed by atoms with Crippen LogP contribution in [-0.2, 0) is 4.79 Å². The summed E-state index contributed by atoms with van der Waals surface area (Å²) in [5.74, 6) is -0.230. The van der Waals surface area contributed by atoms with Gasteiger partial charge < -0.3 is 14.8 Å². The van der Waals surface area contributed by atoms with Crippen LogP contribution in [0, 0.1) is 6.92 Å². The fraction of sp³-hybridized carbons (Fsp3) is 0.357. The Labute approximate surface area is 125 Å². The van der Waals surface area contributed by atoms with Gasteiger partial charge in [-0.2, -0.15) is 0 Å². The molecular formula is C14H16N2O4S. The van der Waals surface area contributed by atoms with Crippen LogP contribution in [0.3, 0.4) is 0 Å². The molecule has 0 aliphatic heterocycles. The Hall–Kier alpha value is -2.15. The number of rotatable bonds is 5. The standard InChI is InChI=1S/C14H16N2O4S/c1-4-14(3,13(18)19)16-11(17)9-7-21-12(15-9)10-6-5-8(2)20-10/h5-7H,4H2,1-3H3,(H,16,17)(H,18,19). The third-order valence-corrected chi connectivity index (χ3v) is 4.11. The van der Waals surface area contributed by atoms with E-state index in [4.69, 9.17) is 9.52 Å². The van der Waals surface area contributed by atoms with Crippen molar-refractivity contribution < 1.29 is 19.1 Å². The highest BCUT2D eigenvalue weighted by atomic mass is 32.1. The minimum atomic E-state index is -1.30. The Bertz CT molecular complexity index is 676. The molecule has 0 bridgehead atoms. The SMILES string of the molecule is CCC(C)(NC(=O)c1csc(-c2ccc(C)o2)n1)C(=O)O. The number of aryl methyl sites for hydroxylation is 1. The lowest BCUT2D eigenvalue weighted by molar-refractivity contribution is -0.143. The van der Waals surface area contributed by atoms with Gasteiger partial charge in [0.05, 0.1) is 0 Å². The molecule has 2 aromatic heterocycles. The van der Waals surface area contributed by atoms with Crippen LogP contribution in [-0.4, -0.2) is 27.5 Å². The maximum absolute atomic E-state index is 12.1. The summed E-state index contributed by atoms with van der Waals surface area (Å²) in [5.41, 5.74) is -1.12. The minimum absolute atomic E-state index is 0.185. The van der Waals surface area contributed by atoms with E-state index >= 15 is 0 Å². The average Bonchev–Trinajstić information content (AvgIpc) is 3.06. The van der Waals surface area contributed by atoms with Crippen molar-refractivity contribution in [3.8, 4) is 10.8 Å². The molecule has 0 aromatic carbocycles. The summed E-state index contributed by atoms with van der Waals surface area (Å²) >= 11 is 1.27. The molecule has 1 atom stereocenters. The second-order valence-corrected chi connectivity index (χ2v) is 5.75. The molecule has 0 aliphatic rings. The Morgan fingerprint density at radius 3 is 2.71 bits per heavy atom. The Morgan fingerprint density at radius 2 is 2.19 bits per heavy atom. The molecule has 2 aromatic rings. The topological polar surface area (TPSA) is 92.4 Å². The first-order chi connectivity index (χ1) is 9.85.